The molecule has 0 fully saturated rings. The number of nitrogens with zero attached hydrogens (tertiary/aromatic N) is 5. The van der Waals surface area contributed by atoms with Crippen molar-refractivity contribution in [2.24, 2.45) is 0 Å². The Morgan fingerprint density at radius 3 is 2.23 bits per heavy atom. The Balaban J connectivity index is 1.74. The maximum Gasteiger partial charge on any atom is 0.251 e. The first-order valence-electron chi connectivity index (χ1n) is 13.6. The Labute approximate surface area is 256 Å². The first-order valence-corrected chi connectivity index (χ1v) is 14.6. The number of methoxy groups -OCH3 is 2. The van der Waals surface area contributed by atoms with Crippen LogP contribution >= 0.6 is 11.8 Å². The van der Waals surface area contributed by atoms with Crippen LogP contribution in [0.4, 0.5) is 11.4 Å². The van der Waals surface area contributed by atoms with Gasteiger partial charge in [-0.15, -0.1) is 0 Å². The van der Waals surface area contributed by atoms with Crippen LogP contribution in [0.5, 0.6) is 11.5 Å². The lowest BCUT2D eigenvalue weighted by Gasteiger charge is -2.32. The molecular formula is C32H36N6O4S. The van der Waals surface area contributed by atoms with Crippen LogP contribution in [0.15, 0.2) is 78.2 Å². The van der Waals surface area contributed by atoms with Gasteiger partial charge in [0, 0.05) is 55.8 Å². The highest BCUT2D eigenvalue weighted by Gasteiger charge is 2.33. The largest absolute Gasteiger partial charge is 0.493 e. The van der Waals surface area contributed by atoms with Gasteiger partial charge in [-0.2, -0.15) is 0 Å². The molecule has 2 aromatic heterocycles. The summed E-state index contributed by atoms with van der Waals surface area (Å²) in [4.78, 5) is 44.9. The van der Waals surface area contributed by atoms with Crippen molar-refractivity contribution in [1.29, 1.82) is 0 Å². The predicted octanol–water partition coefficient (Wildman–Crippen LogP) is 5.07. The molecule has 2 heterocycles. The van der Waals surface area contributed by atoms with E-state index >= 15 is 0 Å². The van der Waals surface area contributed by atoms with Gasteiger partial charge in [-0.3, -0.25) is 14.6 Å². The van der Waals surface area contributed by atoms with Gasteiger partial charge >= 0.3 is 0 Å². The smallest absolute Gasteiger partial charge is 0.251 e. The third kappa shape index (κ3) is 8.23. The second-order valence-electron chi connectivity index (χ2n) is 10.1. The molecule has 0 aliphatic rings. The van der Waals surface area contributed by atoms with Crippen molar-refractivity contribution in [2.75, 3.05) is 44.3 Å². The number of pyridine rings is 1. The van der Waals surface area contributed by atoms with E-state index in [-0.39, 0.29) is 24.1 Å². The predicted molar refractivity (Wildman–Crippen MR) is 169 cm³/mol. The van der Waals surface area contributed by atoms with E-state index in [1.807, 2.05) is 69.2 Å². The molecule has 0 bridgehead atoms. The van der Waals surface area contributed by atoms with Crippen molar-refractivity contribution in [3.05, 3.63) is 95.6 Å². The molecule has 4 rings (SSSR count). The molecule has 0 unspecified atom stereocenters. The van der Waals surface area contributed by atoms with Gasteiger partial charge in [-0.05, 0) is 73.5 Å². The van der Waals surface area contributed by atoms with Gasteiger partial charge in [0.25, 0.3) is 5.91 Å². The van der Waals surface area contributed by atoms with Gasteiger partial charge < -0.3 is 24.6 Å². The molecule has 0 spiro atoms. The van der Waals surface area contributed by atoms with E-state index < -0.39 is 6.04 Å². The first-order chi connectivity index (χ1) is 20.7. The van der Waals surface area contributed by atoms with Gasteiger partial charge in [-0.1, -0.05) is 23.9 Å². The van der Waals surface area contributed by atoms with E-state index in [9.17, 15) is 9.59 Å². The number of hydrogen-bond acceptors (Lipinski definition) is 9. The number of amides is 2. The molecule has 0 radical (unpaired) electrons. The number of ether oxygens (including phenoxy) is 2. The van der Waals surface area contributed by atoms with E-state index in [0.717, 1.165) is 22.6 Å². The van der Waals surface area contributed by atoms with Crippen LogP contribution < -0.4 is 19.7 Å². The number of aryl methyl sites for hydroxylation is 2. The van der Waals surface area contributed by atoms with Crippen LogP contribution in [0.2, 0.25) is 0 Å². The molecule has 43 heavy (non-hydrogen) atoms. The van der Waals surface area contributed by atoms with Crippen LogP contribution in [0.1, 0.15) is 28.6 Å². The fourth-order valence-electron chi connectivity index (χ4n) is 4.53. The summed E-state index contributed by atoms with van der Waals surface area (Å²) in [5.74, 6) is 0.332. The topological polar surface area (TPSA) is 110 Å². The fourth-order valence-corrected chi connectivity index (χ4v) is 5.36. The van der Waals surface area contributed by atoms with Gasteiger partial charge in [-0.25, -0.2) is 9.97 Å². The summed E-state index contributed by atoms with van der Waals surface area (Å²) in [7, 11) is 6.97. The van der Waals surface area contributed by atoms with E-state index in [2.05, 4.69) is 20.3 Å². The van der Waals surface area contributed by atoms with Crippen molar-refractivity contribution < 1.29 is 19.1 Å². The van der Waals surface area contributed by atoms with Crippen LogP contribution in [-0.2, 0) is 16.1 Å². The zero-order valence-electron chi connectivity index (χ0n) is 25.2. The molecule has 1 N–H and O–H groups in total. The molecule has 0 aliphatic heterocycles. The lowest BCUT2D eigenvalue weighted by molar-refractivity contribution is -0.137. The summed E-state index contributed by atoms with van der Waals surface area (Å²) in [5, 5.41) is 3.51. The monoisotopic (exact) mass is 600 g/mol. The van der Waals surface area contributed by atoms with Crippen molar-refractivity contribution in [2.45, 2.75) is 31.6 Å². The van der Waals surface area contributed by atoms with Crippen LogP contribution in [0, 0.1) is 13.8 Å². The van der Waals surface area contributed by atoms with E-state index in [1.54, 1.807) is 48.7 Å². The lowest BCUT2D eigenvalue weighted by Crippen LogP contribution is -2.42. The van der Waals surface area contributed by atoms with Crippen LogP contribution in [-0.4, -0.2) is 65.7 Å². The zero-order chi connectivity index (χ0) is 30.9. The molecule has 10 nitrogen and oxygen atoms in total. The Morgan fingerprint density at radius 1 is 0.930 bits per heavy atom. The minimum absolute atomic E-state index is 0.0256. The maximum atomic E-state index is 14.2. The standard InChI is InChI=1S/C32H36N6O4S/c1-21-16-22(2)35-32(34-21)43-20-29(39)38(19-23-8-7-15-33-18-23)30(24-9-14-27(41-5)28(17-24)42-6)31(40)36-25-10-12-26(13-11-25)37(3)4/h7-18,30H,19-20H2,1-6H3,(H,36,40)/t30-/m0/s1. The number of rotatable bonds is 12. The Kier molecular flexibility index (Phi) is 10.6. The zero-order valence-corrected chi connectivity index (χ0v) is 26.0. The Morgan fingerprint density at radius 2 is 1.63 bits per heavy atom. The number of benzene rings is 2. The highest BCUT2D eigenvalue weighted by atomic mass is 32.2. The molecule has 0 saturated heterocycles. The number of carbonyl (C=O) groups is 2. The normalized spacial score (nSPS) is 11.4. The lowest BCUT2D eigenvalue weighted by atomic mass is 10.0. The molecular weight excluding hydrogens is 564 g/mol. The number of aromatic nitrogens is 3. The summed E-state index contributed by atoms with van der Waals surface area (Å²) in [5.41, 5.74) is 4.57. The second-order valence-corrected chi connectivity index (χ2v) is 11.0. The minimum Gasteiger partial charge on any atom is -0.493 e. The molecule has 2 aromatic carbocycles. The summed E-state index contributed by atoms with van der Waals surface area (Å²) in [6.45, 7) is 3.92. The highest BCUT2D eigenvalue weighted by molar-refractivity contribution is 7.99. The molecule has 0 aliphatic carbocycles. The van der Waals surface area contributed by atoms with Crippen molar-refractivity contribution in [1.82, 2.24) is 19.9 Å². The average molecular weight is 601 g/mol. The van der Waals surface area contributed by atoms with E-state index in [4.69, 9.17) is 9.47 Å². The van der Waals surface area contributed by atoms with Crippen molar-refractivity contribution in [3.63, 3.8) is 0 Å². The quantitative estimate of drug-likeness (QED) is 0.176. The minimum atomic E-state index is -1.01. The van der Waals surface area contributed by atoms with Crippen molar-refractivity contribution >= 4 is 35.0 Å². The molecule has 0 saturated carbocycles. The number of carbonyl (C=O) groups excluding carboxylic acids is 2. The third-order valence-electron chi connectivity index (χ3n) is 6.62. The molecule has 224 valence electrons. The van der Waals surface area contributed by atoms with Crippen LogP contribution in [0.3, 0.4) is 0 Å². The van der Waals surface area contributed by atoms with Gasteiger partial charge in [0.15, 0.2) is 16.7 Å². The van der Waals surface area contributed by atoms with Gasteiger partial charge in [0.2, 0.25) is 5.91 Å². The number of anilines is 2. The van der Waals surface area contributed by atoms with E-state index in [0.29, 0.717) is 27.9 Å². The summed E-state index contributed by atoms with van der Waals surface area (Å²) in [6.07, 6.45) is 3.35. The van der Waals surface area contributed by atoms with Crippen molar-refractivity contribution in [3.8, 4) is 11.5 Å². The first kappa shape index (κ1) is 31.3. The Bertz CT molecular complexity index is 1530. The van der Waals surface area contributed by atoms with E-state index in [1.165, 1.54) is 18.9 Å². The second kappa shape index (κ2) is 14.5. The number of nitrogens with one attached hydrogen (secondary N) is 1. The SMILES string of the molecule is COc1ccc([C@@H](C(=O)Nc2ccc(N(C)C)cc2)N(Cc2cccnc2)C(=O)CSc2nc(C)cc(C)n2)cc1OC. The molecule has 1 atom stereocenters. The average Bonchev–Trinajstić information content (AvgIpc) is 2.99. The number of hydrogen-bond donors (Lipinski definition) is 1. The summed E-state index contributed by atoms with van der Waals surface area (Å²) >= 11 is 1.23. The summed E-state index contributed by atoms with van der Waals surface area (Å²) < 4.78 is 11.0. The Hall–Kier alpha value is -4.64. The highest BCUT2D eigenvalue weighted by Crippen LogP contribution is 2.34. The third-order valence-corrected chi connectivity index (χ3v) is 7.45. The summed E-state index contributed by atoms with van der Waals surface area (Å²) in [6, 6.07) is 17.3. The fraction of sp³-hybridized carbons (Fsp3) is 0.281. The maximum absolute atomic E-state index is 14.2. The molecule has 2 amide bonds. The van der Waals surface area contributed by atoms with Gasteiger partial charge in [0.1, 0.15) is 6.04 Å². The van der Waals surface area contributed by atoms with Gasteiger partial charge in [0.05, 0.1) is 20.0 Å². The van der Waals surface area contributed by atoms with Crippen LogP contribution in [0.25, 0.3) is 0 Å². The molecule has 11 heteroatoms. The number of thioether (sulfide) groups is 1. The molecule has 4 aromatic rings.